The molecule has 0 amide bonds. The zero-order valence-corrected chi connectivity index (χ0v) is 14.2. The van der Waals surface area contributed by atoms with Crippen LogP contribution in [0.25, 0.3) is 11.1 Å². The average Bonchev–Trinajstić information content (AvgIpc) is 2.49. The van der Waals surface area contributed by atoms with Crippen LogP contribution in [-0.4, -0.2) is 0 Å². The van der Waals surface area contributed by atoms with Gasteiger partial charge in [-0.1, -0.05) is 89.5 Å². The van der Waals surface area contributed by atoms with Crippen molar-refractivity contribution in [2.75, 3.05) is 0 Å². The maximum atomic E-state index is 8.45. The molecule has 0 heterocycles. The fraction of sp³-hybridized carbons (Fsp3) is 0.429. The van der Waals surface area contributed by atoms with Gasteiger partial charge in [0.1, 0.15) is 0 Å². The lowest BCUT2D eigenvalue weighted by molar-refractivity contribution is 0.531. The number of benzene rings is 2. The molecule has 0 nitrogen and oxygen atoms in total. The third kappa shape index (κ3) is 3.37. The van der Waals surface area contributed by atoms with Gasteiger partial charge in [0.25, 0.3) is 0 Å². The molecule has 0 bridgehead atoms. The van der Waals surface area contributed by atoms with Crippen LogP contribution in [0.1, 0.15) is 63.7 Å². The Morgan fingerprint density at radius 2 is 1.38 bits per heavy atom. The molecule has 0 heteroatoms. The topological polar surface area (TPSA) is 0 Å². The van der Waals surface area contributed by atoms with E-state index >= 15 is 0 Å². The Morgan fingerprint density at radius 3 is 1.86 bits per heavy atom. The summed E-state index contributed by atoms with van der Waals surface area (Å²) < 4.78 is 33.3. The van der Waals surface area contributed by atoms with E-state index < -0.39 is 0 Å². The SMILES string of the molecule is [2H]c1c([2H])c(-c2cccc(C(C)(C)C)c2C(C)(C)C)c([2H])c([2H])c1C. The molecule has 0 fully saturated rings. The van der Waals surface area contributed by atoms with Gasteiger partial charge >= 0.3 is 0 Å². The number of hydrogen-bond donors (Lipinski definition) is 0. The molecule has 0 aromatic heterocycles. The first-order chi connectivity index (χ1) is 11.3. The Labute approximate surface area is 135 Å². The van der Waals surface area contributed by atoms with E-state index in [2.05, 4.69) is 47.6 Å². The third-order valence-electron chi connectivity index (χ3n) is 3.64. The Balaban J connectivity index is 3.01. The van der Waals surface area contributed by atoms with E-state index in [4.69, 9.17) is 5.48 Å². The van der Waals surface area contributed by atoms with Gasteiger partial charge in [0.15, 0.2) is 0 Å². The van der Waals surface area contributed by atoms with Gasteiger partial charge in [-0.25, -0.2) is 0 Å². The van der Waals surface area contributed by atoms with E-state index in [0.717, 1.165) is 11.1 Å². The summed E-state index contributed by atoms with van der Waals surface area (Å²) in [7, 11) is 0. The molecule has 0 spiro atoms. The normalized spacial score (nSPS) is 15.2. The van der Waals surface area contributed by atoms with E-state index in [9.17, 15) is 0 Å². The second-order valence-corrected chi connectivity index (χ2v) is 7.73. The fourth-order valence-corrected chi connectivity index (χ4v) is 2.70. The molecular weight excluding hydrogens is 252 g/mol. The van der Waals surface area contributed by atoms with Crippen molar-refractivity contribution < 1.29 is 5.48 Å². The summed E-state index contributed by atoms with van der Waals surface area (Å²) in [6.45, 7) is 14.5. The van der Waals surface area contributed by atoms with E-state index in [1.165, 1.54) is 5.56 Å². The van der Waals surface area contributed by atoms with Crippen molar-refractivity contribution in [1.82, 2.24) is 0 Å². The highest BCUT2D eigenvalue weighted by molar-refractivity contribution is 5.71. The summed E-state index contributed by atoms with van der Waals surface area (Å²) in [6, 6.07) is 6.14. The predicted octanol–water partition coefficient (Wildman–Crippen LogP) is 6.26. The minimum atomic E-state index is -0.187. The molecule has 0 N–H and O–H groups in total. The lowest BCUT2D eigenvalue weighted by Crippen LogP contribution is -2.23. The Kier molecular flexibility index (Phi) is 2.81. The van der Waals surface area contributed by atoms with Gasteiger partial charge < -0.3 is 0 Å². The van der Waals surface area contributed by atoms with Crippen LogP contribution >= 0.6 is 0 Å². The van der Waals surface area contributed by atoms with Crippen molar-refractivity contribution in [3.8, 4) is 11.1 Å². The van der Waals surface area contributed by atoms with Crippen LogP contribution in [0.2, 0.25) is 0 Å². The molecule has 2 aromatic carbocycles. The van der Waals surface area contributed by atoms with Crippen LogP contribution in [0.15, 0.2) is 42.4 Å². The molecule has 0 aliphatic rings. The van der Waals surface area contributed by atoms with Gasteiger partial charge in [-0.05, 0) is 40.0 Å². The van der Waals surface area contributed by atoms with Crippen molar-refractivity contribution in [3.63, 3.8) is 0 Å². The number of rotatable bonds is 1. The lowest BCUT2D eigenvalue weighted by Gasteiger charge is -2.32. The molecule has 21 heavy (non-hydrogen) atoms. The molecule has 0 radical (unpaired) electrons. The minimum absolute atomic E-state index is 0.0371. The quantitative estimate of drug-likeness (QED) is 0.580. The highest BCUT2D eigenvalue weighted by Gasteiger charge is 2.27. The van der Waals surface area contributed by atoms with Crippen LogP contribution in [0.3, 0.4) is 0 Å². The molecule has 0 atom stereocenters. The molecule has 0 unspecified atom stereocenters. The average molecular weight is 284 g/mol. The highest BCUT2D eigenvalue weighted by atomic mass is 14.3. The third-order valence-corrected chi connectivity index (χ3v) is 3.64. The molecule has 2 rings (SSSR count). The Morgan fingerprint density at radius 1 is 0.810 bits per heavy atom. The zero-order valence-electron chi connectivity index (χ0n) is 18.2. The number of hydrogen-bond acceptors (Lipinski definition) is 0. The van der Waals surface area contributed by atoms with Gasteiger partial charge in [0.05, 0.1) is 5.48 Å². The van der Waals surface area contributed by atoms with Gasteiger partial charge in [-0.2, -0.15) is 0 Å². The van der Waals surface area contributed by atoms with Gasteiger partial charge in [-0.3, -0.25) is 0 Å². The van der Waals surface area contributed by atoms with Gasteiger partial charge in [0, 0.05) is 0 Å². The van der Waals surface area contributed by atoms with E-state index in [-0.39, 0.29) is 35.0 Å². The molecular formula is C21H28. The van der Waals surface area contributed by atoms with Crippen LogP contribution in [0.4, 0.5) is 0 Å². The standard InChI is InChI=1S/C21H28/c1-15-11-13-16(14-12-15)17-9-8-10-18(20(2,3)4)19(17)21(5,6)7/h8-14H,1-7H3/i11D,12D,13D,14D. The van der Waals surface area contributed by atoms with Crippen LogP contribution in [-0.2, 0) is 10.8 Å². The first-order valence-electron chi connectivity index (χ1n) is 9.49. The lowest BCUT2D eigenvalue weighted by atomic mass is 9.72. The smallest absolute Gasteiger partial charge is 0.0613 e. The summed E-state index contributed by atoms with van der Waals surface area (Å²) >= 11 is 0. The molecule has 0 saturated carbocycles. The molecule has 0 saturated heterocycles. The minimum Gasteiger partial charge on any atom is -0.0613 e. The summed E-state index contributed by atoms with van der Waals surface area (Å²) in [4.78, 5) is 0. The van der Waals surface area contributed by atoms with Gasteiger partial charge in [0.2, 0.25) is 0 Å². The van der Waals surface area contributed by atoms with Crippen LogP contribution < -0.4 is 0 Å². The summed E-state index contributed by atoms with van der Waals surface area (Å²) in [5, 5.41) is 0. The van der Waals surface area contributed by atoms with Crippen molar-refractivity contribution in [2.45, 2.75) is 59.3 Å². The van der Waals surface area contributed by atoms with Crippen molar-refractivity contribution in [3.05, 3.63) is 59.1 Å². The zero-order chi connectivity index (χ0) is 19.3. The fourth-order valence-electron chi connectivity index (χ4n) is 2.70. The maximum Gasteiger partial charge on any atom is 0.0629 e. The summed E-state index contributed by atoms with van der Waals surface area (Å²) in [5.74, 6) is 0. The molecule has 0 aliphatic heterocycles. The van der Waals surface area contributed by atoms with E-state index in [1.54, 1.807) is 6.92 Å². The van der Waals surface area contributed by atoms with Crippen molar-refractivity contribution in [2.24, 2.45) is 0 Å². The highest BCUT2D eigenvalue weighted by Crippen LogP contribution is 2.40. The monoisotopic (exact) mass is 284 g/mol. The maximum absolute atomic E-state index is 8.45. The van der Waals surface area contributed by atoms with Crippen molar-refractivity contribution >= 4 is 0 Å². The van der Waals surface area contributed by atoms with E-state index in [1.807, 2.05) is 12.1 Å². The molecule has 2 aromatic rings. The second kappa shape index (κ2) is 5.33. The van der Waals surface area contributed by atoms with Gasteiger partial charge in [-0.15, -0.1) is 0 Å². The predicted molar refractivity (Wildman–Crippen MR) is 94.0 cm³/mol. The Bertz CT molecular complexity index is 792. The van der Waals surface area contributed by atoms with Crippen molar-refractivity contribution in [1.29, 1.82) is 0 Å². The Hall–Kier alpha value is -1.56. The largest absolute Gasteiger partial charge is 0.0629 e. The molecule has 112 valence electrons. The van der Waals surface area contributed by atoms with E-state index in [0.29, 0.717) is 11.1 Å². The molecule has 0 aliphatic carbocycles. The van der Waals surface area contributed by atoms with Crippen LogP contribution in [0, 0.1) is 6.92 Å². The summed E-state index contributed by atoms with van der Waals surface area (Å²) in [5.41, 5.74) is 3.59. The first-order valence-corrected chi connectivity index (χ1v) is 7.49. The second-order valence-electron chi connectivity index (χ2n) is 7.73. The van der Waals surface area contributed by atoms with Crippen LogP contribution in [0.5, 0.6) is 0 Å². The first kappa shape index (κ1) is 11.1. The summed E-state index contributed by atoms with van der Waals surface area (Å²) in [6.07, 6.45) is 0.